The van der Waals surface area contributed by atoms with Crippen molar-refractivity contribution in [3.05, 3.63) is 0 Å². The minimum atomic E-state index is -0.343. The maximum absolute atomic E-state index is 12.5. The van der Waals surface area contributed by atoms with Gasteiger partial charge < -0.3 is 10.1 Å². The van der Waals surface area contributed by atoms with Crippen molar-refractivity contribution in [1.29, 1.82) is 0 Å². The summed E-state index contributed by atoms with van der Waals surface area (Å²) in [5, 5.41) is 3.37. The predicted molar refractivity (Wildman–Crippen MR) is 71.4 cm³/mol. The van der Waals surface area contributed by atoms with Crippen molar-refractivity contribution in [3.63, 3.8) is 0 Å². The summed E-state index contributed by atoms with van der Waals surface area (Å²) in [6.07, 6.45) is 5.60. The van der Waals surface area contributed by atoms with Gasteiger partial charge in [-0.1, -0.05) is 26.2 Å². The second-order valence-electron chi connectivity index (χ2n) is 5.50. The van der Waals surface area contributed by atoms with Crippen molar-refractivity contribution in [3.8, 4) is 0 Å². The number of nitrogens with zero attached hydrogens (tertiary/aromatic N) is 1. The Bertz CT molecular complexity index is 290. The van der Waals surface area contributed by atoms with Gasteiger partial charge in [0.15, 0.2) is 0 Å². The summed E-state index contributed by atoms with van der Waals surface area (Å²) in [4.78, 5) is 14.9. The number of esters is 1. The SMILES string of the molecule is CCC1CCCCC1(C(=O)OC)N1CCNCC1. The first kappa shape index (κ1) is 13.8. The summed E-state index contributed by atoms with van der Waals surface area (Å²) < 4.78 is 5.18. The number of rotatable bonds is 3. The van der Waals surface area contributed by atoms with Crippen LogP contribution in [0, 0.1) is 5.92 Å². The first-order valence-electron chi connectivity index (χ1n) is 7.30. The zero-order valence-corrected chi connectivity index (χ0v) is 11.7. The van der Waals surface area contributed by atoms with Crippen LogP contribution >= 0.6 is 0 Å². The van der Waals surface area contributed by atoms with E-state index in [4.69, 9.17) is 4.74 Å². The van der Waals surface area contributed by atoms with E-state index >= 15 is 0 Å². The third-order valence-corrected chi connectivity index (χ3v) is 4.75. The van der Waals surface area contributed by atoms with Crippen molar-refractivity contribution >= 4 is 5.97 Å². The highest BCUT2D eigenvalue weighted by Crippen LogP contribution is 2.41. The molecule has 18 heavy (non-hydrogen) atoms. The lowest BCUT2D eigenvalue weighted by Gasteiger charge is -2.50. The molecule has 104 valence electrons. The van der Waals surface area contributed by atoms with Crippen LogP contribution in [0.15, 0.2) is 0 Å². The molecule has 0 spiro atoms. The van der Waals surface area contributed by atoms with Crippen LogP contribution in [0.1, 0.15) is 39.0 Å². The van der Waals surface area contributed by atoms with E-state index in [1.807, 2.05) is 0 Å². The van der Waals surface area contributed by atoms with Crippen molar-refractivity contribution in [2.24, 2.45) is 5.92 Å². The highest BCUT2D eigenvalue weighted by Gasteiger charge is 2.51. The van der Waals surface area contributed by atoms with Gasteiger partial charge in [-0.05, 0) is 18.8 Å². The highest BCUT2D eigenvalue weighted by molar-refractivity contribution is 5.81. The van der Waals surface area contributed by atoms with Gasteiger partial charge in [0.25, 0.3) is 0 Å². The van der Waals surface area contributed by atoms with Crippen molar-refractivity contribution in [2.45, 2.75) is 44.6 Å². The zero-order chi connectivity index (χ0) is 13.0. The largest absolute Gasteiger partial charge is 0.468 e. The number of ether oxygens (including phenoxy) is 1. The number of carbonyl (C=O) groups is 1. The monoisotopic (exact) mass is 254 g/mol. The fourth-order valence-corrected chi connectivity index (χ4v) is 3.82. The van der Waals surface area contributed by atoms with Gasteiger partial charge in [-0.3, -0.25) is 9.69 Å². The molecule has 0 bridgehead atoms. The Morgan fingerprint density at radius 2 is 2.11 bits per heavy atom. The lowest BCUT2D eigenvalue weighted by atomic mass is 9.70. The molecule has 2 atom stereocenters. The summed E-state index contributed by atoms with van der Waals surface area (Å²) in [7, 11) is 1.54. The molecule has 1 aliphatic carbocycles. The van der Waals surface area contributed by atoms with Gasteiger partial charge >= 0.3 is 5.97 Å². The highest BCUT2D eigenvalue weighted by atomic mass is 16.5. The van der Waals surface area contributed by atoms with Crippen LogP contribution in [-0.4, -0.2) is 49.7 Å². The normalized spacial score (nSPS) is 34.2. The molecule has 2 rings (SSSR count). The Balaban J connectivity index is 2.27. The fraction of sp³-hybridized carbons (Fsp3) is 0.929. The van der Waals surface area contributed by atoms with Gasteiger partial charge in [-0.2, -0.15) is 0 Å². The number of hydrogen-bond donors (Lipinski definition) is 1. The van der Waals surface area contributed by atoms with Crippen LogP contribution in [0.3, 0.4) is 0 Å². The third-order valence-electron chi connectivity index (χ3n) is 4.75. The molecule has 1 saturated carbocycles. The number of methoxy groups -OCH3 is 1. The summed E-state index contributed by atoms with van der Waals surface area (Å²) in [5.74, 6) is 0.452. The number of hydrogen-bond acceptors (Lipinski definition) is 4. The fourth-order valence-electron chi connectivity index (χ4n) is 3.82. The predicted octanol–water partition coefficient (Wildman–Crippen LogP) is 1.40. The molecule has 0 radical (unpaired) electrons. The average molecular weight is 254 g/mol. The van der Waals surface area contributed by atoms with Crippen LogP contribution in [0.25, 0.3) is 0 Å². The standard InChI is InChI=1S/C14H26N2O2/c1-3-12-6-4-5-7-14(12,13(17)18-2)16-10-8-15-9-11-16/h12,15H,3-11H2,1-2H3. The maximum Gasteiger partial charge on any atom is 0.326 e. The van der Waals surface area contributed by atoms with Gasteiger partial charge in [-0.15, -0.1) is 0 Å². The minimum Gasteiger partial charge on any atom is -0.468 e. The smallest absolute Gasteiger partial charge is 0.326 e. The lowest BCUT2D eigenvalue weighted by Crippen LogP contribution is -2.64. The molecule has 1 N–H and O–H groups in total. The van der Waals surface area contributed by atoms with Gasteiger partial charge in [0, 0.05) is 26.2 Å². The Labute approximate surface area is 110 Å². The lowest BCUT2D eigenvalue weighted by molar-refractivity contribution is -0.164. The van der Waals surface area contributed by atoms with Crippen LogP contribution < -0.4 is 5.32 Å². The van der Waals surface area contributed by atoms with E-state index in [0.29, 0.717) is 5.92 Å². The minimum absolute atomic E-state index is 0.00375. The van der Waals surface area contributed by atoms with E-state index in [9.17, 15) is 4.79 Å². The number of piperazine rings is 1. The summed E-state index contributed by atoms with van der Waals surface area (Å²) in [6.45, 7) is 6.09. The van der Waals surface area contributed by atoms with E-state index in [2.05, 4.69) is 17.1 Å². The summed E-state index contributed by atoms with van der Waals surface area (Å²) >= 11 is 0. The second kappa shape index (κ2) is 6.02. The Morgan fingerprint density at radius 1 is 1.39 bits per heavy atom. The van der Waals surface area contributed by atoms with E-state index in [-0.39, 0.29) is 11.5 Å². The van der Waals surface area contributed by atoms with Crippen LogP contribution in [0.2, 0.25) is 0 Å². The first-order valence-corrected chi connectivity index (χ1v) is 7.30. The molecule has 0 aromatic rings. The average Bonchev–Trinajstić information content (AvgIpc) is 2.47. The molecule has 0 amide bonds. The molecule has 2 fully saturated rings. The van der Waals surface area contributed by atoms with Crippen LogP contribution in [0.4, 0.5) is 0 Å². The molecular formula is C14H26N2O2. The molecule has 0 aromatic carbocycles. The van der Waals surface area contributed by atoms with Gasteiger partial charge in [0.1, 0.15) is 5.54 Å². The van der Waals surface area contributed by atoms with Crippen LogP contribution in [-0.2, 0) is 9.53 Å². The van der Waals surface area contributed by atoms with Crippen molar-refractivity contribution in [1.82, 2.24) is 10.2 Å². The zero-order valence-electron chi connectivity index (χ0n) is 11.7. The number of nitrogens with one attached hydrogen (secondary N) is 1. The van der Waals surface area contributed by atoms with E-state index in [1.165, 1.54) is 13.5 Å². The van der Waals surface area contributed by atoms with E-state index in [1.54, 1.807) is 0 Å². The molecule has 2 unspecified atom stereocenters. The molecule has 0 aromatic heterocycles. The quantitative estimate of drug-likeness (QED) is 0.773. The molecule has 1 saturated heterocycles. The second-order valence-corrected chi connectivity index (χ2v) is 5.50. The van der Waals surface area contributed by atoms with Crippen LogP contribution in [0.5, 0.6) is 0 Å². The van der Waals surface area contributed by atoms with E-state index < -0.39 is 0 Å². The molecular weight excluding hydrogens is 228 g/mol. The topological polar surface area (TPSA) is 41.6 Å². The third kappa shape index (κ3) is 2.28. The van der Waals surface area contributed by atoms with Gasteiger partial charge in [0.2, 0.25) is 0 Å². The van der Waals surface area contributed by atoms with Gasteiger partial charge in [-0.25, -0.2) is 0 Å². The summed E-state index contributed by atoms with van der Waals surface area (Å²) in [5.41, 5.74) is -0.343. The summed E-state index contributed by atoms with van der Waals surface area (Å²) in [6, 6.07) is 0. The molecule has 1 heterocycles. The molecule has 4 heteroatoms. The first-order chi connectivity index (χ1) is 8.75. The van der Waals surface area contributed by atoms with Gasteiger partial charge in [0.05, 0.1) is 7.11 Å². The number of carbonyl (C=O) groups excluding carboxylic acids is 1. The molecule has 4 nitrogen and oxygen atoms in total. The maximum atomic E-state index is 12.5. The Kier molecular flexibility index (Phi) is 4.62. The Morgan fingerprint density at radius 3 is 2.72 bits per heavy atom. The molecule has 1 aliphatic heterocycles. The van der Waals surface area contributed by atoms with Crippen molar-refractivity contribution in [2.75, 3.05) is 33.3 Å². The van der Waals surface area contributed by atoms with E-state index in [0.717, 1.165) is 51.9 Å². The Hall–Kier alpha value is -0.610. The molecule has 2 aliphatic rings. The van der Waals surface area contributed by atoms with Crippen molar-refractivity contribution < 1.29 is 9.53 Å².